The summed E-state index contributed by atoms with van der Waals surface area (Å²) in [6.45, 7) is 6.27. The van der Waals surface area contributed by atoms with Crippen LogP contribution in [0, 0.1) is 25.2 Å². The molecule has 1 aromatic heterocycles. The second-order valence-corrected chi connectivity index (χ2v) is 6.70. The summed E-state index contributed by atoms with van der Waals surface area (Å²) in [5.41, 5.74) is 2.38. The SMILES string of the molecule is COCC(C)n1c(C)cc(/C=C(/C#N)C(=O)Nc2cccc(OC(F)(F)F)c2)c1C. The average Bonchev–Trinajstić information content (AvgIpc) is 2.92. The molecule has 2 aromatic rings. The van der Waals surface area contributed by atoms with Crippen molar-refractivity contribution in [3.63, 3.8) is 0 Å². The molecule has 1 atom stereocenters. The van der Waals surface area contributed by atoms with E-state index in [0.29, 0.717) is 12.2 Å². The third kappa shape index (κ3) is 5.87. The lowest BCUT2D eigenvalue weighted by Crippen LogP contribution is -2.17. The molecule has 0 saturated carbocycles. The Morgan fingerprint density at radius 2 is 2.03 bits per heavy atom. The normalized spacial score (nSPS) is 12.9. The molecule has 1 N–H and O–H groups in total. The van der Waals surface area contributed by atoms with Gasteiger partial charge in [0.25, 0.3) is 5.91 Å². The van der Waals surface area contributed by atoms with Gasteiger partial charge in [-0.1, -0.05) is 6.07 Å². The fraction of sp³-hybridized carbons (Fsp3) is 0.333. The predicted molar refractivity (Wildman–Crippen MR) is 106 cm³/mol. The van der Waals surface area contributed by atoms with Crippen LogP contribution in [0.25, 0.3) is 6.08 Å². The number of benzene rings is 1. The van der Waals surface area contributed by atoms with E-state index in [4.69, 9.17) is 4.74 Å². The molecule has 1 heterocycles. The first-order chi connectivity index (χ1) is 14.1. The van der Waals surface area contributed by atoms with Crippen LogP contribution in [-0.2, 0) is 9.53 Å². The molecule has 160 valence electrons. The molecule has 0 aliphatic rings. The van der Waals surface area contributed by atoms with E-state index in [1.165, 1.54) is 18.2 Å². The van der Waals surface area contributed by atoms with E-state index in [-0.39, 0.29) is 17.3 Å². The van der Waals surface area contributed by atoms with Crippen LogP contribution in [0.15, 0.2) is 35.9 Å². The molecule has 2 rings (SSSR count). The van der Waals surface area contributed by atoms with Gasteiger partial charge in [0, 0.05) is 30.3 Å². The Balaban J connectivity index is 2.26. The minimum Gasteiger partial charge on any atom is -0.406 e. The van der Waals surface area contributed by atoms with Crippen LogP contribution in [0.4, 0.5) is 18.9 Å². The number of rotatable bonds is 7. The number of methoxy groups -OCH3 is 1. The number of alkyl halides is 3. The Bertz CT molecular complexity index is 988. The predicted octanol–water partition coefficient (Wildman–Crippen LogP) is 4.76. The van der Waals surface area contributed by atoms with Crippen molar-refractivity contribution >= 4 is 17.7 Å². The number of hydrogen-bond acceptors (Lipinski definition) is 4. The highest BCUT2D eigenvalue weighted by atomic mass is 19.4. The lowest BCUT2D eigenvalue weighted by molar-refractivity contribution is -0.274. The summed E-state index contributed by atoms with van der Waals surface area (Å²) in [5, 5.41) is 11.8. The van der Waals surface area contributed by atoms with E-state index in [1.54, 1.807) is 7.11 Å². The van der Waals surface area contributed by atoms with Crippen LogP contribution in [-0.4, -0.2) is 30.6 Å². The Kier molecular flexibility index (Phi) is 7.29. The summed E-state index contributed by atoms with van der Waals surface area (Å²) in [6, 6.07) is 8.59. The molecule has 1 unspecified atom stereocenters. The zero-order valence-electron chi connectivity index (χ0n) is 17.0. The van der Waals surface area contributed by atoms with Gasteiger partial charge in [-0.2, -0.15) is 5.26 Å². The number of halogens is 3. The average molecular weight is 421 g/mol. The number of aryl methyl sites for hydroxylation is 1. The Labute approximate surface area is 172 Å². The van der Waals surface area contributed by atoms with Gasteiger partial charge in [0.1, 0.15) is 17.4 Å². The number of nitrogens with zero attached hydrogens (tertiary/aromatic N) is 2. The van der Waals surface area contributed by atoms with Gasteiger partial charge < -0.3 is 19.4 Å². The van der Waals surface area contributed by atoms with Gasteiger partial charge in [0.15, 0.2) is 0 Å². The molecule has 6 nitrogen and oxygen atoms in total. The zero-order chi connectivity index (χ0) is 22.5. The van der Waals surface area contributed by atoms with Crippen molar-refractivity contribution < 1.29 is 27.4 Å². The van der Waals surface area contributed by atoms with Gasteiger partial charge in [-0.25, -0.2) is 0 Å². The van der Waals surface area contributed by atoms with Crippen LogP contribution in [0.1, 0.15) is 29.9 Å². The Hall–Kier alpha value is -3.25. The number of nitrogens with one attached hydrogen (secondary N) is 1. The van der Waals surface area contributed by atoms with E-state index in [1.807, 2.05) is 37.5 Å². The van der Waals surface area contributed by atoms with Crippen molar-refractivity contribution in [2.75, 3.05) is 19.0 Å². The fourth-order valence-electron chi connectivity index (χ4n) is 3.22. The van der Waals surface area contributed by atoms with Crippen molar-refractivity contribution in [3.8, 4) is 11.8 Å². The van der Waals surface area contributed by atoms with Crippen LogP contribution in [0.2, 0.25) is 0 Å². The molecule has 0 radical (unpaired) electrons. The van der Waals surface area contributed by atoms with E-state index < -0.39 is 18.0 Å². The first-order valence-electron chi connectivity index (χ1n) is 9.02. The third-order valence-electron chi connectivity index (χ3n) is 4.36. The van der Waals surface area contributed by atoms with Gasteiger partial charge in [-0.3, -0.25) is 4.79 Å². The van der Waals surface area contributed by atoms with Gasteiger partial charge in [0.2, 0.25) is 0 Å². The lowest BCUT2D eigenvalue weighted by atomic mass is 10.1. The summed E-state index contributed by atoms with van der Waals surface area (Å²) in [5.74, 6) is -1.21. The molecule has 9 heteroatoms. The number of nitriles is 1. The van der Waals surface area contributed by atoms with E-state index >= 15 is 0 Å². The van der Waals surface area contributed by atoms with Gasteiger partial charge in [0.05, 0.1) is 12.6 Å². The van der Waals surface area contributed by atoms with Crippen LogP contribution >= 0.6 is 0 Å². The minimum atomic E-state index is -4.84. The number of carbonyl (C=O) groups excluding carboxylic acids is 1. The van der Waals surface area contributed by atoms with Gasteiger partial charge in [-0.15, -0.1) is 13.2 Å². The summed E-state index contributed by atoms with van der Waals surface area (Å²) in [4.78, 5) is 12.5. The Morgan fingerprint density at radius 1 is 1.33 bits per heavy atom. The first kappa shape index (κ1) is 23.0. The number of hydrogen-bond donors (Lipinski definition) is 1. The molecule has 0 aliphatic heterocycles. The van der Waals surface area contributed by atoms with Crippen molar-refractivity contribution in [2.45, 2.75) is 33.2 Å². The minimum absolute atomic E-state index is 0.0629. The summed E-state index contributed by atoms with van der Waals surface area (Å²) < 4.78 is 48.2. The maximum absolute atomic E-state index is 12.5. The van der Waals surface area contributed by atoms with E-state index in [9.17, 15) is 23.2 Å². The molecule has 0 saturated heterocycles. The molecule has 1 amide bonds. The zero-order valence-corrected chi connectivity index (χ0v) is 17.0. The molecular formula is C21H22F3N3O3. The smallest absolute Gasteiger partial charge is 0.406 e. The largest absolute Gasteiger partial charge is 0.573 e. The second-order valence-electron chi connectivity index (χ2n) is 6.70. The number of ether oxygens (including phenoxy) is 2. The maximum atomic E-state index is 12.5. The lowest BCUT2D eigenvalue weighted by Gasteiger charge is -2.17. The maximum Gasteiger partial charge on any atom is 0.573 e. The van der Waals surface area contributed by atoms with Crippen LogP contribution in [0.3, 0.4) is 0 Å². The number of aromatic nitrogens is 1. The summed E-state index contributed by atoms with van der Waals surface area (Å²) in [7, 11) is 1.61. The van der Waals surface area contributed by atoms with Crippen molar-refractivity contribution in [1.82, 2.24) is 4.57 Å². The van der Waals surface area contributed by atoms with Crippen molar-refractivity contribution in [2.24, 2.45) is 0 Å². The molecule has 30 heavy (non-hydrogen) atoms. The van der Waals surface area contributed by atoms with Crippen molar-refractivity contribution in [1.29, 1.82) is 5.26 Å². The summed E-state index contributed by atoms with van der Waals surface area (Å²) >= 11 is 0. The van der Waals surface area contributed by atoms with E-state index in [2.05, 4.69) is 10.1 Å². The van der Waals surface area contributed by atoms with Crippen molar-refractivity contribution in [3.05, 3.63) is 52.9 Å². The molecule has 1 aromatic carbocycles. The highest BCUT2D eigenvalue weighted by molar-refractivity contribution is 6.09. The first-order valence-corrected chi connectivity index (χ1v) is 9.02. The molecule has 0 fully saturated rings. The number of anilines is 1. The van der Waals surface area contributed by atoms with Gasteiger partial charge >= 0.3 is 6.36 Å². The number of carbonyl (C=O) groups is 1. The Morgan fingerprint density at radius 3 is 2.63 bits per heavy atom. The number of amides is 1. The molecule has 0 aliphatic carbocycles. The molecule has 0 spiro atoms. The van der Waals surface area contributed by atoms with Gasteiger partial charge in [-0.05, 0) is 50.6 Å². The highest BCUT2D eigenvalue weighted by Gasteiger charge is 2.31. The fourth-order valence-corrected chi connectivity index (χ4v) is 3.22. The molecular weight excluding hydrogens is 399 g/mol. The second kappa shape index (κ2) is 9.50. The summed E-state index contributed by atoms with van der Waals surface area (Å²) in [6.07, 6.45) is -3.40. The molecule has 0 bridgehead atoms. The standard InChI is InChI=1S/C21H22F3N3O3/c1-13-8-16(15(3)27(13)14(2)12-29-4)9-17(11-25)20(28)26-18-6-5-7-19(10-18)30-21(22,23)24/h5-10,14H,12H2,1-4H3,(H,26,28)/b17-9-. The van der Waals surface area contributed by atoms with Crippen LogP contribution in [0.5, 0.6) is 5.75 Å². The quantitative estimate of drug-likeness (QED) is 0.517. The highest BCUT2D eigenvalue weighted by Crippen LogP contribution is 2.26. The van der Waals surface area contributed by atoms with Crippen LogP contribution < -0.4 is 10.1 Å². The third-order valence-corrected chi connectivity index (χ3v) is 4.36. The topological polar surface area (TPSA) is 76.3 Å². The van der Waals surface area contributed by atoms with E-state index in [0.717, 1.165) is 23.5 Å². The monoisotopic (exact) mass is 421 g/mol.